The SMILES string of the molecule is CC(=O)OCc1ncccc1-c1ccc(Cl)cc1. The summed E-state index contributed by atoms with van der Waals surface area (Å²) in [4.78, 5) is 15.1. The van der Waals surface area contributed by atoms with Crippen molar-refractivity contribution in [3.8, 4) is 11.1 Å². The molecule has 0 saturated carbocycles. The van der Waals surface area contributed by atoms with Gasteiger partial charge in [0, 0.05) is 23.7 Å². The summed E-state index contributed by atoms with van der Waals surface area (Å²) in [5.41, 5.74) is 2.67. The van der Waals surface area contributed by atoms with E-state index in [1.807, 2.05) is 36.4 Å². The van der Waals surface area contributed by atoms with Gasteiger partial charge in [0.2, 0.25) is 0 Å². The first-order chi connectivity index (χ1) is 8.66. The van der Waals surface area contributed by atoms with Gasteiger partial charge < -0.3 is 4.74 Å². The third-order valence-electron chi connectivity index (χ3n) is 2.46. The molecular formula is C14H12ClNO2. The number of rotatable bonds is 3. The highest BCUT2D eigenvalue weighted by molar-refractivity contribution is 6.30. The molecule has 1 heterocycles. The van der Waals surface area contributed by atoms with Crippen LogP contribution in [0.5, 0.6) is 0 Å². The maximum Gasteiger partial charge on any atom is 0.303 e. The van der Waals surface area contributed by atoms with Crippen LogP contribution in [0.4, 0.5) is 0 Å². The van der Waals surface area contributed by atoms with Crippen molar-refractivity contribution in [2.45, 2.75) is 13.5 Å². The number of halogens is 1. The van der Waals surface area contributed by atoms with Crippen molar-refractivity contribution in [1.29, 1.82) is 0 Å². The summed E-state index contributed by atoms with van der Waals surface area (Å²) in [5, 5.41) is 0.684. The number of ether oxygens (including phenoxy) is 1. The molecule has 3 nitrogen and oxygen atoms in total. The largest absolute Gasteiger partial charge is 0.459 e. The number of carbonyl (C=O) groups is 1. The van der Waals surface area contributed by atoms with Gasteiger partial charge in [-0.15, -0.1) is 0 Å². The lowest BCUT2D eigenvalue weighted by Crippen LogP contribution is -2.02. The minimum atomic E-state index is -0.317. The minimum absolute atomic E-state index is 0.175. The Balaban J connectivity index is 2.32. The Kier molecular flexibility index (Phi) is 3.95. The molecule has 2 rings (SSSR count). The molecule has 0 saturated heterocycles. The smallest absolute Gasteiger partial charge is 0.303 e. The molecule has 1 aromatic carbocycles. The van der Waals surface area contributed by atoms with E-state index in [2.05, 4.69) is 4.98 Å². The van der Waals surface area contributed by atoms with Crippen LogP contribution in [0.1, 0.15) is 12.6 Å². The van der Waals surface area contributed by atoms with E-state index in [9.17, 15) is 4.79 Å². The van der Waals surface area contributed by atoms with Gasteiger partial charge in [0.15, 0.2) is 0 Å². The van der Waals surface area contributed by atoms with Gasteiger partial charge in [0.1, 0.15) is 6.61 Å². The van der Waals surface area contributed by atoms with Gasteiger partial charge in [-0.1, -0.05) is 29.8 Å². The first-order valence-electron chi connectivity index (χ1n) is 5.50. The van der Waals surface area contributed by atoms with Crippen LogP contribution in [-0.2, 0) is 16.1 Å². The highest BCUT2D eigenvalue weighted by atomic mass is 35.5. The lowest BCUT2D eigenvalue weighted by atomic mass is 10.0. The normalized spacial score (nSPS) is 10.1. The third kappa shape index (κ3) is 3.08. The second kappa shape index (κ2) is 5.65. The summed E-state index contributed by atoms with van der Waals surface area (Å²) in [7, 11) is 0. The highest BCUT2D eigenvalue weighted by Crippen LogP contribution is 2.24. The lowest BCUT2D eigenvalue weighted by molar-refractivity contribution is -0.142. The van der Waals surface area contributed by atoms with Crippen LogP contribution in [0.3, 0.4) is 0 Å². The Labute approximate surface area is 110 Å². The Hall–Kier alpha value is -1.87. The van der Waals surface area contributed by atoms with Gasteiger partial charge in [-0.25, -0.2) is 0 Å². The fourth-order valence-corrected chi connectivity index (χ4v) is 1.74. The number of carbonyl (C=O) groups excluding carboxylic acids is 1. The summed E-state index contributed by atoms with van der Waals surface area (Å²) in [6.07, 6.45) is 1.68. The van der Waals surface area contributed by atoms with Crippen LogP contribution in [0.15, 0.2) is 42.6 Å². The number of esters is 1. The molecule has 1 aromatic heterocycles. The molecule has 0 amide bonds. The molecule has 4 heteroatoms. The van der Waals surface area contributed by atoms with E-state index < -0.39 is 0 Å². The molecule has 0 radical (unpaired) electrons. The van der Waals surface area contributed by atoms with Gasteiger partial charge in [0.25, 0.3) is 0 Å². The molecular weight excluding hydrogens is 250 g/mol. The molecule has 0 N–H and O–H groups in total. The number of nitrogens with zero attached hydrogens (tertiary/aromatic N) is 1. The molecule has 0 bridgehead atoms. The molecule has 2 aromatic rings. The number of aromatic nitrogens is 1. The Bertz CT molecular complexity index is 552. The zero-order valence-corrected chi connectivity index (χ0v) is 10.6. The van der Waals surface area contributed by atoms with Crippen molar-refractivity contribution >= 4 is 17.6 Å². The molecule has 0 atom stereocenters. The van der Waals surface area contributed by atoms with Crippen LogP contribution in [0.25, 0.3) is 11.1 Å². The van der Waals surface area contributed by atoms with Gasteiger partial charge in [-0.3, -0.25) is 9.78 Å². The van der Waals surface area contributed by atoms with Crippen molar-refractivity contribution < 1.29 is 9.53 Å². The maximum atomic E-state index is 10.8. The standard InChI is InChI=1S/C14H12ClNO2/c1-10(17)18-9-14-13(3-2-8-16-14)11-4-6-12(15)7-5-11/h2-8H,9H2,1H3. The molecule has 92 valence electrons. The average Bonchev–Trinajstić information content (AvgIpc) is 2.38. The number of hydrogen-bond donors (Lipinski definition) is 0. The van der Waals surface area contributed by atoms with Crippen LogP contribution >= 0.6 is 11.6 Å². The summed E-state index contributed by atoms with van der Waals surface area (Å²) < 4.78 is 4.99. The summed E-state index contributed by atoms with van der Waals surface area (Å²) in [6, 6.07) is 11.3. The monoisotopic (exact) mass is 261 g/mol. The van der Waals surface area contributed by atoms with Gasteiger partial charge >= 0.3 is 5.97 Å². The van der Waals surface area contributed by atoms with Gasteiger partial charge in [-0.05, 0) is 23.8 Å². The fourth-order valence-electron chi connectivity index (χ4n) is 1.62. The van der Waals surface area contributed by atoms with Crippen LogP contribution < -0.4 is 0 Å². The lowest BCUT2D eigenvalue weighted by Gasteiger charge is -2.08. The number of pyridine rings is 1. The second-order valence-electron chi connectivity index (χ2n) is 3.78. The van der Waals surface area contributed by atoms with E-state index in [1.54, 1.807) is 6.20 Å². The summed E-state index contributed by atoms with van der Waals surface area (Å²) in [5.74, 6) is -0.317. The molecule has 0 spiro atoms. The minimum Gasteiger partial charge on any atom is -0.459 e. The predicted octanol–water partition coefficient (Wildman–Crippen LogP) is 3.47. The van der Waals surface area contributed by atoms with E-state index in [0.717, 1.165) is 16.8 Å². The summed E-state index contributed by atoms with van der Waals surface area (Å²) >= 11 is 5.86. The van der Waals surface area contributed by atoms with Crippen molar-refractivity contribution in [1.82, 2.24) is 4.98 Å². The molecule has 0 aliphatic rings. The second-order valence-corrected chi connectivity index (χ2v) is 4.22. The van der Waals surface area contributed by atoms with Crippen LogP contribution in [0.2, 0.25) is 5.02 Å². The van der Waals surface area contributed by atoms with Gasteiger partial charge in [0.05, 0.1) is 5.69 Å². The molecule has 0 aliphatic heterocycles. The van der Waals surface area contributed by atoms with Crippen molar-refractivity contribution in [3.63, 3.8) is 0 Å². The number of benzene rings is 1. The quantitative estimate of drug-likeness (QED) is 0.794. The van der Waals surface area contributed by atoms with E-state index >= 15 is 0 Å². The van der Waals surface area contributed by atoms with Crippen molar-refractivity contribution in [3.05, 3.63) is 53.3 Å². The topological polar surface area (TPSA) is 39.2 Å². The van der Waals surface area contributed by atoms with Crippen molar-refractivity contribution in [2.75, 3.05) is 0 Å². The van der Waals surface area contributed by atoms with Gasteiger partial charge in [-0.2, -0.15) is 0 Å². The third-order valence-corrected chi connectivity index (χ3v) is 2.71. The van der Waals surface area contributed by atoms with E-state index in [0.29, 0.717) is 5.02 Å². The Morgan fingerprint density at radius 3 is 2.67 bits per heavy atom. The molecule has 18 heavy (non-hydrogen) atoms. The zero-order chi connectivity index (χ0) is 13.0. The first-order valence-corrected chi connectivity index (χ1v) is 5.88. The summed E-state index contributed by atoms with van der Waals surface area (Å²) in [6.45, 7) is 1.55. The maximum absolute atomic E-state index is 10.8. The average molecular weight is 262 g/mol. The van der Waals surface area contributed by atoms with E-state index in [1.165, 1.54) is 6.92 Å². The predicted molar refractivity (Wildman–Crippen MR) is 70.2 cm³/mol. The van der Waals surface area contributed by atoms with Crippen molar-refractivity contribution in [2.24, 2.45) is 0 Å². The van der Waals surface area contributed by atoms with Crippen LogP contribution in [0, 0.1) is 0 Å². The molecule has 0 unspecified atom stereocenters. The zero-order valence-electron chi connectivity index (χ0n) is 9.89. The van der Waals surface area contributed by atoms with E-state index in [4.69, 9.17) is 16.3 Å². The van der Waals surface area contributed by atoms with Crippen LogP contribution in [-0.4, -0.2) is 11.0 Å². The fraction of sp³-hybridized carbons (Fsp3) is 0.143. The first kappa shape index (κ1) is 12.6. The molecule has 0 fully saturated rings. The Morgan fingerprint density at radius 1 is 1.28 bits per heavy atom. The Morgan fingerprint density at radius 2 is 2.00 bits per heavy atom. The van der Waals surface area contributed by atoms with E-state index in [-0.39, 0.29) is 12.6 Å². The molecule has 0 aliphatic carbocycles. The highest BCUT2D eigenvalue weighted by Gasteiger charge is 2.07. The number of hydrogen-bond acceptors (Lipinski definition) is 3.